The van der Waals surface area contributed by atoms with E-state index in [4.69, 9.17) is 5.84 Å². The summed E-state index contributed by atoms with van der Waals surface area (Å²) < 4.78 is 0. The van der Waals surface area contributed by atoms with Crippen molar-refractivity contribution in [2.75, 3.05) is 0 Å². The monoisotopic (exact) mass is 380 g/mol. The molecule has 2 aromatic carbocycles. The Kier molecular flexibility index (Phi) is 6.96. The molecule has 0 atom stereocenters. The van der Waals surface area contributed by atoms with Crippen LogP contribution in [0.15, 0.2) is 102 Å². The van der Waals surface area contributed by atoms with E-state index in [1.807, 2.05) is 72.8 Å². The van der Waals surface area contributed by atoms with E-state index in [0.29, 0.717) is 5.56 Å². The number of hydrogen-bond acceptors (Lipinski definition) is 5. The molecule has 5 heteroatoms. The Morgan fingerprint density at radius 2 is 1.14 bits per heavy atom. The highest BCUT2D eigenvalue weighted by atomic mass is 16.1. The first-order valence-electron chi connectivity index (χ1n) is 9.01. The molecule has 0 saturated carbocycles. The van der Waals surface area contributed by atoms with E-state index in [1.54, 1.807) is 30.7 Å². The van der Waals surface area contributed by atoms with Crippen LogP contribution in [0.25, 0.3) is 22.5 Å². The Morgan fingerprint density at radius 1 is 0.655 bits per heavy atom. The molecule has 4 aromatic rings. The minimum atomic E-state index is 0.685. The molecular weight excluding hydrogens is 360 g/mol. The summed E-state index contributed by atoms with van der Waals surface area (Å²) in [6.07, 6.45) is 5.98. The Morgan fingerprint density at radius 3 is 1.52 bits per heavy atom. The minimum Gasteiger partial charge on any atom is -0.323 e. The van der Waals surface area contributed by atoms with Crippen LogP contribution >= 0.6 is 0 Å². The summed E-state index contributed by atoms with van der Waals surface area (Å²) in [5.74, 6) is 5.07. The molecule has 0 aliphatic carbocycles. The molecule has 5 nitrogen and oxygen atoms in total. The minimum absolute atomic E-state index is 0.685. The average molecular weight is 380 g/mol. The molecule has 4 rings (SSSR count). The van der Waals surface area contributed by atoms with Crippen molar-refractivity contribution in [1.29, 1.82) is 0 Å². The maximum atomic E-state index is 10.4. The zero-order valence-electron chi connectivity index (χ0n) is 15.7. The van der Waals surface area contributed by atoms with Gasteiger partial charge in [-0.1, -0.05) is 60.7 Å². The molecule has 0 aliphatic heterocycles. The van der Waals surface area contributed by atoms with Crippen molar-refractivity contribution >= 4 is 12.5 Å². The second-order valence-electron chi connectivity index (χ2n) is 6.07. The summed E-state index contributed by atoms with van der Waals surface area (Å²) in [6.45, 7) is 0. The topological polar surface area (TPSA) is 81.2 Å². The lowest BCUT2D eigenvalue weighted by Gasteiger charge is -2.00. The molecule has 0 saturated heterocycles. The smallest absolute Gasteiger partial charge is 0.150 e. The van der Waals surface area contributed by atoms with Gasteiger partial charge < -0.3 is 5.84 Å². The van der Waals surface area contributed by atoms with Crippen molar-refractivity contribution in [2.45, 2.75) is 0 Å². The van der Waals surface area contributed by atoms with Crippen molar-refractivity contribution < 1.29 is 4.79 Å². The molecule has 0 fully saturated rings. The van der Waals surface area contributed by atoms with Gasteiger partial charge in [0.15, 0.2) is 0 Å². The normalized spacial score (nSPS) is 10.2. The molecule has 0 aliphatic rings. The Balaban J connectivity index is 0.000000166. The lowest BCUT2D eigenvalue weighted by atomic mass is 10.1. The summed E-state index contributed by atoms with van der Waals surface area (Å²) in [6, 6.07) is 26.9. The van der Waals surface area contributed by atoms with Crippen molar-refractivity contribution in [3.63, 3.8) is 0 Å². The van der Waals surface area contributed by atoms with Gasteiger partial charge >= 0.3 is 0 Å². The number of benzene rings is 2. The maximum Gasteiger partial charge on any atom is 0.150 e. The highest BCUT2D eigenvalue weighted by Gasteiger charge is 1.98. The van der Waals surface area contributed by atoms with Crippen LogP contribution in [0.5, 0.6) is 0 Å². The third kappa shape index (κ3) is 5.68. The third-order valence-electron chi connectivity index (χ3n) is 4.10. The number of nitrogens with zero attached hydrogens (tertiary/aromatic N) is 3. The van der Waals surface area contributed by atoms with Crippen LogP contribution < -0.4 is 5.84 Å². The van der Waals surface area contributed by atoms with Gasteiger partial charge in [-0.25, -0.2) is 0 Å². The number of hydrogen-bond donors (Lipinski definition) is 1. The fourth-order valence-corrected chi connectivity index (χ4v) is 2.63. The van der Waals surface area contributed by atoms with E-state index < -0.39 is 0 Å². The SMILES string of the molecule is N/N=C/c1ccc(-c2ccccn2)cc1.O=Cc1ccc(-c2ccccn2)cc1. The van der Waals surface area contributed by atoms with Crippen LogP contribution in [0, 0.1) is 0 Å². The Bertz CT molecular complexity index is 1050. The molecule has 0 radical (unpaired) electrons. The van der Waals surface area contributed by atoms with Gasteiger partial charge in [0.05, 0.1) is 17.6 Å². The third-order valence-corrected chi connectivity index (χ3v) is 4.10. The quantitative estimate of drug-likeness (QED) is 0.243. The van der Waals surface area contributed by atoms with E-state index in [9.17, 15) is 4.79 Å². The molecule has 2 aromatic heterocycles. The van der Waals surface area contributed by atoms with Gasteiger partial charge in [0.1, 0.15) is 6.29 Å². The van der Waals surface area contributed by atoms with Gasteiger partial charge in [-0.05, 0) is 29.8 Å². The Hall–Kier alpha value is -4.12. The van der Waals surface area contributed by atoms with Crippen LogP contribution in [0.3, 0.4) is 0 Å². The van der Waals surface area contributed by atoms with Crippen molar-refractivity contribution in [2.24, 2.45) is 10.9 Å². The maximum absolute atomic E-state index is 10.4. The standard InChI is InChI=1S/C12H11N3.C12H9NO/c13-15-9-10-4-6-11(7-5-10)12-3-1-2-8-14-12;14-9-10-4-6-11(7-5-10)12-3-1-2-8-13-12/h1-9H,13H2;1-9H/b15-9+;. The number of hydrazone groups is 1. The molecule has 0 amide bonds. The van der Waals surface area contributed by atoms with Gasteiger partial charge in [0.25, 0.3) is 0 Å². The van der Waals surface area contributed by atoms with Crippen LogP contribution in [0.2, 0.25) is 0 Å². The number of nitrogens with two attached hydrogens (primary N) is 1. The van der Waals surface area contributed by atoms with E-state index in [1.165, 1.54) is 0 Å². The number of rotatable bonds is 4. The summed E-state index contributed by atoms with van der Waals surface area (Å²) in [5, 5.41) is 3.47. The first-order valence-corrected chi connectivity index (χ1v) is 9.01. The molecule has 29 heavy (non-hydrogen) atoms. The highest BCUT2D eigenvalue weighted by molar-refractivity contribution is 5.80. The highest BCUT2D eigenvalue weighted by Crippen LogP contribution is 2.16. The van der Waals surface area contributed by atoms with Gasteiger partial charge in [-0.15, -0.1) is 0 Å². The van der Waals surface area contributed by atoms with Crippen LogP contribution in [0.1, 0.15) is 15.9 Å². The Labute approximate surface area is 169 Å². The predicted octanol–water partition coefficient (Wildman–Crippen LogP) is 4.60. The fraction of sp³-hybridized carbons (Fsp3) is 0. The first-order chi connectivity index (χ1) is 14.3. The fourth-order valence-electron chi connectivity index (χ4n) is 2.63. The lowest BCUT2D eigenvalue weighted by Crippen LogP contribution is -1.87. The molecule has 142 valence electrons. The molecule has 2 heterocycles. The van der Waals surface area contributed by atoms with Crippen molar-refractivity contribution in [1.82, 2.24) is 9.97 Å². The molecule has 2 N–H and O–H groups in total. The predicted molar refractivity (Wildman–Crippen MR) is 117 cm³/mol. The number of carbonyl (C=O) groups is 1. The molecule has 0 unspecified atom stereocenters. The van der Waals surface area contributed by atoms with E-state index in [0.717, 1.165) is 34.4 Å². The molecular formula is C24H20N4O. The zero-order valence-corrected chi connectivity index (χ0v) is 15.7. The lowest BCUT2D eigenvalue weighted by molar-refractivity contribution is 0.112. The summed E-state index contributed by atoms with van der Waals surface area (Å²) in [5.41, 5.74) is 5.67. The number of pyridine rings is 2. The summed E-state index contributed by atoms with van der Waals surface area (Å²) in [7, 11) is 0. The van der Waals surface area contributed by atoms with Crippen LogP contribution in [-0.2, 0) is 0 Å². The van der Waals surface area contributed by atoms with Crippen LogP contribution in [-0.4, -0.2) is 22.5 Å². The second-order valence-corrected chi connectivity index (χ2v) is 6.07. The summed E-state index contributed by atoms with van der Waals surface area (Å²) in [4.78, 5) is 18.9. The second kappa shape index (κ2) is 10.3. The van der Waals surface area contributed by atoms with E-state index in [-0.39, 0.29) is 0 Å². The molecule has 0 spiro atoms. The van der Waals surface area contributed by atoms with Gasteiger partial charge in [0.2, 0.25) is 0 Å². The number of carbonyl (C=O) groups excluding carboxylic acids is 1. The van der Waals surface area contributed by atoms with Gasteiger partial charge in [-0.2, -0.15) is 5.10 Å². The largest absolute Gasteiger partial charge is 0.323 e. The zero-order chi connectivity index (χ0) is 20.3. The van der Waals surface area contributed by atoms with Gasteiger partial charge in [0, 0.05) is 29.1 Å². The van der Waals surface area contributed by atoms with E-state index in [2.05, 4.69) is 15.1 Å². The first kappa shape index (κ1) is 19.6. The van der Waals surface area contributed by atoms with Crippen molar-refractivity contribution in [3.05, 3.63) is 108 Å². The average Bonchev–Trinajstić information content (AvgIpc) is 2.81. The van der Waals surface area contributed by atoms with E-state index >= 15 is 0 Å². The van der Waals surface area contributed by atoms with Crippen molar-refractivity contribution in [3.8, 4) is 22.5 Å². The summed E-state index contributed by atoms with van der Waals surface area (Å²) >= 11 is 0. The number of aldehydes is 1. The van der Waals surface area contributed by atoms with Gasteiger partial charge in [-0.3, -0.25) is 14.8 Å². The van der Waals surface area contributed by atoms with Crippen LogP contribution in [0.4, 0.5) is 0 Å². The molecule has 0 bridgehead atoms. The number of aromatic nitrogens is 2.